The Hall–Kier alpha value is -4.71. The number of pyridine rings is 2. The van der Waals surface area contributed by atoms with E-state index in [0.29, 0.717) is 0 Å². The van der Waals surface area contributed by atoms with Gasteiger partial charge in [-0.3, -0.25) is 9.38 Å². The fourth-order valence-electron chi connectivity index (χ4n) is 6.54. The lowest BCUT2D eigenvalue weighted by Gasteiger charge is -2.29. The molecule has 0 atom stereocenters. The summed E-state index contributed by atoms with van der Waals surface area (Å²) in [4.78, 5) is 9.86. The Kier molecular flexibility index (Phi) is 8.14. The van der Waals surface area contributed by atoms with Crippen LogP contribution in [0.15, 0.2) is 79.0 Å². The third-order valence-electron chi connectivity index (χ3n) is 9.66. The monoisotopic (exact) mass is 639 g/mol. The predicted molar refractivity (Wildman–Crippen MR) is 197 cm³/mol. The normalized spacial score (nSPS) is 12.6. The highest BCUT2D eigenvalue weighted by Gasteiger charge is 2.31. The quantitative estimate of drug-likeness (QED) is 0.182. The number of ether oxygens (including phenoxy) is 1. The fraction of sp³-hybridized carbons (Fsp3) is 0.357. The third-order valence-corrected chi connectivity index (χ3v) is 9.66. The molecule has 0 saturated carbocycles. The number of imidazole rings is 1. The first-order valence-electron chi connectivity index (χ1n) is 16.9. The molecule has 6 nitrogen and oxygen atoms in total. The lowest BCUT2D eigenvalue weighted by atomic mass is 9.80. The largest absolute Gasteiger partial charge is 0.457 e. The highest BCUT2D eigenvalue weighted by atomic mass is 16.5. The van der Waals surface area contributed by atoms with Crippen molar-refractivity contribution in [2.75, 3.05) is 0 Å². The predicted octanol–water partition coefficient (Wildman–Crippen LogP) is 10.5. The molecular weight excluding hydrogens is 590 g/mol. The average Bonchev–Trinajstić information content (AvgIpc) is 3.48. The van der Waals surface area contributed by atoms with Crippen molar-refractivity contribution >= 4 is 5.65 Å². The molecule has 248 valence electrons. The van der Waals surface area contributed by atoms with Gasteiger partial charge in [-0.15, -0.1) is 0 Å². The summed E-state index contributed by atoms with van der Waals surface area (Å²) in [6.07, 6.45) is 1.93. The molecule has 2 aromatic carbocycles. The Bertz CT molecular complexity index is 2140. The molecule has 48 heavy (non-hydrogen) atoms. The number of aryl methyl sites for hydroxylation is 3. The van der Waals surface area contributed by atoms with E-state index in [2.05, 4.69) is 148 Å². The molecule has 0 saturated heterocycles. The summed E-state index contributed by atoms with van der Waals surface area (Å²) in [7, 11) is 0. The second-order valence-electron chi connectivity index (χ2n) is 15.7. The van der Waals surface area contributed by atoms with Crippen molar-refractivity contribution in [3.63, 3.8) is 0 Å². The Morgan fingerprint density at radius 2 is 1.31 bits per heavy atom. The Labute approximate surface area is 285 Å². The molecular formula is C42H49N5O. The van der Waals surface area contributed by atoms with Crippen molar-refractivity contribution in [1.29, 1.82) is 0 Å². The van der Waals surface area contributed by atoms with Crippen molar-refractivity contribution in [2.24, 2.45) is 0 Å². The van der Waals surface area contributed by atoms with Gasteiger partial charge in [-0.05, 0) is 93.3 Å². The maximum atomic E-state index is 6.83. The molecule has 0 aliphatic heterocycles. The van der Waals surface area contributed by atoms with Crippen molar-refractivity contribution < 1.29 is 4.74 Å². The number of nitrogens with zero attached hydrogens (tertiary/aromatic N) is 5. The number of fused-ring (bicyclic) bond motifs is 1. The topological polar surface area (TPSA) is 57.2 Å². The zero-order chi connectivity index (χ0) is 34.8. The van der Waals surface area contributed by atoms with Crippen LogP contribution in [-0.2, 0) is 16.2 Å². The van der Waals surface area contributed by atoms with E-state index in [4.69, 9.17) is 19.8 Å². The summed E-state index contributed by atoms with van der Waals surface area (Å²) in [6.45, 7) is 26.3. The maximum absolute atomic E-state index is 6.83. The molecule has 0 spiro atoms. The van der Waals surface area contributed by atoms with Gasteiger partial charge in [0, 0.05) is 52.5 Å². The molecule has 6 rings (SSSR count). The highest BCUT2D eigenvalue weighted by molar-refractivity contribution is 5.69. The van der Waals surface area contributed by atoms with Crippen molar-refractivity contribution in [3.8, 4) is 28.3 Å². The van der Waals surface area contributed by atoms with Gasteiger partial charge in [-0.25, -0.2) is 9.67 Å². The lowest BCUT2D eigenvalue weighted by Crippen LogP contribution is -2.25. The minimum absolute atomic E-state index is 0.0126. The first kappa shape index (κ1) is 33.2. The van der Waals surface area contributed by atoms with Crippen LogP contribution in [0.2, 0.25) is 0 Å². The van der Waals surface area contributed by atoms with E-state index in [-0.39, 0.29) is 10.8 Å². The summed E-state index contributed by atoms with van der Waals surface area (Å²) in [6, 6.07) is 25.5. The van der Waals surface area contributed by atoms with Gasteiger partial charge in [-0.2, -0.15) is 5.10 Å². The first-order chi connectivity index (χ1) is 22.4. The van der Waals surface area contributed by atoms with Gasteiger partial charge >= 0.3 is 0 Å². The summed E-state index contributed by atoms with van der Waals surface area (Å²) in [5.74, 6) is 1.49. The molecule has 4 heterocycles. The van der Waals surface area contributed by atoms with E-state index < -0.39 is 5.41 Å². The van der Waals surface area contributed by atoms with Crippen LogP contribution in [-0.4, -0.2) is 24.1 Å². The lowest BCUT2D eigenvalue weighted by molar-refractivity contribution is 0.472. The van der Waals surface area contributed by atoms with E-state index in [0.717, 1.165) is 62.6 Å². The van der Waals surface area contributed by atoms with Crippen LogP contribution in [0.4, 0.5) is 0 Å². The van der Waals surface area contributed by atoms with Gasteiger partial charge in [0.25, 0.3) is 0 Å². The van der Waals surface area contributed by atoms with Crippen LogP contribution >= 0.6 is 0 Å². The van der Waals surface area contributed by atoms with Gasteiger partial charge in [-0.1, -0.05) is 71.9 Å². The van der Waals surface area contributed by atoms with Gasteiger partial charge in [0.1, 0.15) is 17.1 Å². The second-order valence-corrected chi connectivity index (χ2v) is 15.7. The Morgan fingerprint density at radius 1 is 0.646 bits per heavy atom. The molecule has 4 aromatic heterocycles. The zero-order valence-corrected chi connectivity index (χ0v) is 30.6. The van der Waals surface area contributed by atoms with Crippen molar-refractivity contribution in [3.05, 3.63) is 124 Å². The minimum Gasteiger partial charge on any atom is -0.457 e. The van der Waals surface area contributed by atoms with E-state index in [9.17, 15) is 0 Å². The zero-order valence-electron chi connectivity index (χ0n) is 30.6. The molecule has 0 fully saturated rings. The SMILES string of the molecule is Cc1nn(-c2cc(Oc3cc(C(C)(C)c4cc(C(C)(C)C)ccn4)n4c(C)c(C)nc4c3)cc(C(C)(C)C)c2)c(C)c1-c1ccccc1. The summed E-state index contributed by atoms with van der Waals surface area (Å²) in [5.41, 5.74) is 12.3. The first-order valence-corrected chi connectivity index (χ1v) is 16.9. The van der Waals surface area contributed by atoms with Crippen LogP contribution in [0.3, 0.4) is 0 Å². The van der Waals surface area contributed by atoms with Crippen molar-refractivity contribution in [2.45, 2.75) is 99.3 Å². The van der Waals surface area contributed by atoms with Gasteiger partial charge < -0.3 is 4.74 Å². The standard InChI is InChI=1S/C42H49N5O/c1-26-28(3)46-37(42(11,12)36-22-31(18-19-43-36)40(5,6)7)24-35(25-38(46)44-26)48-34-21-32(41(8,9)10)20-33(23-34)47-29(4)39(27(2)45-47)30-16-14-13-15-17-30/h13-25H,1-12H3. The molecule has 0 unspecified atom stereocenters. The molecule has 0 N–H and O–H groups in total. The van der Waals surface area contributed by atoms with Gasteiger partial charge in [0.05, 0.1) is 22.8 Å². The van der Waals surface area contributed by atoms with Crippen LogP contribution in [0, 0.1) is 27.7 Å². The van der Waals surface area contributed by atoms with Crippen LogP contribution in [0.5, 0.6) is 11.5 Å². The highest BCUT2D eigenvalue weighted by Crippen LogP contribution is 2.39. The van der Waals surface area contributed by atoms with Gasteiger partial charge in [0.2, 0.25) is 0 Å². The number of rotatable bonds is 6. The Morgan fingerprint density at radius 3 is 1.98 bits per heavy atom. The van der Waals surface area contributed by atoms with Gasteiger partial charge in [0.15, 0.2) is 0 Å². The average molecular weight is 640 g/mol. The molecule has 0 radical (unpaired) electrons. The minimum atomic E-state index is -0.438. The molecule has 0 aliphatic rings. The van der Waals surface area contributed by atoms with Crippen LogP contribution < -0.4 is 4.74 Å². The van der Waals surface area contributed by atoms with Crippen molar-refractivity contribution in [1.82, 2.24) is 24.1 Å². The molecule has 0 bridgehead atoms. The fourth-order valence-corrected chi connectivity index (χ4v) is 6.54. The molecule has 6 heteroatoms. The number of benzene rings is 2. The summed E-state index contributed by atoms with van der Waals surface area (Å²) >= 11 is 0. The number of aromatic nitrogens is 5. The van der Waals surface area contributed by atoms with E-state index in [1.807, 2.05) is 23.0 Å². The second kappa shape index (κ2) is 11.8. The number of hydrogen-bond donors (Lipinski definition) is 0. The van der Waals surface area contributed by atoms with E-state index >= 15 is 0 Å². The van der Waals surface area contributed by atoms with Crippen LogP contribution in [0.1, 0.15) is 101 Å². The molecule has 6 aromatic rings. The van der Waals surface area contributed by atoms with E-state index in [1.54, 1.807) is 0 Å². The number of hydrogen-bond acceptors (Lipinski definition) is 4. The molecule has 0 amide bonds. The Balaban J connectivity index is 1.49. The van der Waals surface area contributed by atoms with E-state index in [1.165, 1.54) is 16.7 Å². The summed E-state index contributed by atoms with van der Waals surface area (Å²) in [5, 5.41) is 5.03. The maximum Gasteiger partial charge on any atom is 0.141 e. The smallest absolute Gasteiger partial charge is 0.141 e. The van der Waals surface area contributed by atoms with Crippen LogP contribution in [0.25, 0.3) is 22.5 Å². The molecule has 0 aliphatic carbocycles. The third kappa shape index (κ3) is 6.05. The summed E-state index contributed by atoms with van der Waals surface area (Å²) < 4.78 is 11.1.